The lowest BCUT2D eigenvalue weighted by atomic mass is 10.1. The topological polar surface area (TPSA) is 100 Å². The van der Waals surface area contributed by atoms with Crippen LogP contribution in [0, 0.1) is 0 Å². The predicted octanol–water partition coefficient (Wildman–Crippen LogP) is 3.67. The smallest absolute Gasteiger partial charge is 0.410 e. The van der Waals surface area contributed by atoms with Crippen LogP contribution in [0.3, 0.4) is 0 Å². The SMILES string of the molecule is CCOc1ncccc1-c1ccc(N2CCN(C(=O)OC(C)(C)C)C[C@H]2CC)c(C(=O)NCCN(C)C)n1. The molecule has 0 spiro atoms. The van der Waals surface area contributed by atoms with Crippen molar-refractivity contribution in [3.05, 3.63) is 36.2 Å². The molecular formula is C28H42N6O4. The average molecular weight is 527 g/mol. The number of amides is 2. The maximum Gasteiger partial charge on any atom is 0.410 e. The van der Waals surface area contributed by atoms with Crippen molar-refractivity contribution in [3.63, 3.8) is 0 Å². The van der Waals surface area contributed by atoms with Crippen molar-refractivity contribution in [2.45, 2.75) is 52.7 Å². The highest BCUT2D eigenvalue weighted by atomic mass is 16.6. The van der Waals surface area contributed by atoms with E-state index in [2.05, 4.69) is 22.1 Å². The molecule has 0 bridgehead atoms. The van der Waals surface area contributed by atoms with Crippen molar-refractivity contribution >= 4 is 17.7 Å². The number of nitrogens with one attached hydrogen (secondary N) is 1. The number of nitrogens with zero attached hydrogens (tertiary/aromatic N) is 5. The monoisotopic (exact) mass is 526 g/mol. The van der Waals surface area contributed by atoms with Gasteiger partial charge in [0.25, 0.3) is 5.91 Å². The standard InChI is InChI=1S/C28H42N6O4/c1-8-20-19-33(27(36)38-28(3,4)5)17-18-34(20)23-13-12-22(21-11-10-14-30-26(21)37-9-2)31-24(23)25(35)29-15-16-32(6)7/h10-14,20H,8-9,15-19H2,1-7H3,(H,29,35)/t20-/m1/s1. The van der Waals surface area contributed by atoms with Crippen LogP contribution in [0.1, 0.15) is 51.5 Å². The van der Waals surface area contributed by atoms with Crippen LogP contribution in [0.5, 0.6) is 5.88 Å². The van der Waals surface area contributed by atoms with E-state index in [1.807, 2.05) is 71.0 Å². The molecule has 2 aromatic heterocycles. The summed E-state index contributed by atoms with van der Waals surface area (Å²) in [6.45, 7) is 12.8. The molecule has 1 fully saturated rings. The molecule has 3 rings (SSSR count). The summed E-state index contributed by atoms with van der Waals surface area (Å²) in [5.41, 5.74) is 1.87. The van der Waals surface area contributed by atoms with Gasteiger partial charge >= 0.3 is 6.09 Å². The van der Waals surface area contributed by atoms with Gasteiger partial charge in [-0.15, -0.1) is 0 Å². The zero-order chi connectivity index (χ0) is 27.9. The summed E-state index contributed by atoms with van der Waals surface area (Å²) in [5.74, 6) is 0.238. The van der Waals surface area contributed by atoms with Crippen LogP contribution in [0.25, 0.3) is 11.3 Å². The van der Waals surface area contributed by atoms with Gasteiger partial charge in [-0.25, -0.2) is 14.8 Å². The van der Waals surface area contributed by atoms with E-state index in [0.29, 0.717) is 56.6 Å². The molecule has 1 saturated heterocycles. The number of carbonyl (C=O) groups excluding carboxylic acids is 2. The molecule has 1 atom stereocenters. The molecule has 0 saturated carbocycles. The number of carbonyl (C=O) groups is 2. The Morgan fingerprint density at radius 3 is 2.58 bits per heavy atom. The number of pyridine rings is 2. The van der Waals surface area contributed by atoms with Crippen LogP contribution < -0.4 is 15.0 Å². The van der Waals surface area contributed by atoms with Gasteiger partial charge in [0, 0.05) is 45.0 Å². The van der Waals surface area contributed by atoms with Gasteiger partial charge in [-0.1, -0.05) is 6.92 Å². The fraction of sp³-hybridized carbons (Fsp3) is 0.571. The minimum absolute atomic E-state index is 0.00891. The molecule has 2 amide bonds. The molecule has 208 valence electrons. The lowest BCUT2D eigenvalue weighted by Crippen LogP contribution is -2.56. The summed E-state index contributed by atoms with van der Waals surface area (Å²) in [4.78, 5) is 41.3. The summed E-state index contributed by atoms with van der Waals surface area (Å²) in [7, 11) is 3.92. The third-order valence-electron chi connectivity index (χ3n) is 6.18. The van der Waals surface area contributed by atoms with E-state index in [1.54, 1.807) is 11.1 Å². The van der Waals surface area contributed by atoms with Crippen LogP contribution in [0.4, 0.5) is 10.5 Å². The van der Waals surface area contributed by atoms with Gasteiger partial charge in [-0.2, -0.15) is 0 Å². The minimum Gasteiger partial charge on any atom is -0.477 e. The van der Waals surface area contributed by atoms with Gasteiger partial charge in [0.2, 0.25) is 5.88 Å². The molecule has 3 heterocycles. The van der Waals surface area contributed by atoms with Crippen molar-refractivity contribution < 1.29 is 19.1 Å². The number of ether oxygens (including phenoxy) is 2. The normalized spacial score (nSPS) is 15.9. The Morgan fingerprint density at radius 2 is 1.92 bits per heavy atom. The van der Waals surface area contributed by atoms with Crippen molar-refractivity contribution in [3.8, 4) is 17.1 Å². The van der Waals surface area contributed by atoms with Crippen LogP contribution in [-0.2, 0) is 4.74 Å². The Hall–Kier alpha value is -3.40. The number of rotatable bonds is 9. The zero-order valence-corrected chi connectivity index (χ0v) is 23.8. The van der Waals surface area contributed by atoms with Gasteiger partial charge < -0.3 is 29.5 Å². The highest BCUT2D eigenvalue weighted by molar-refractivity contribution is 5.98. The summed E-state index contributed by atoms with van der Waals surface area (Å²) < 4.78 is 11.3. The molecule has 10 heteroatoms. The number of aromatic nitrogens is 2. The molecule has 0 unspecified atom stereocenters. The second kappa shape index (κ2) is 12.9. The Labute approximate surface area is 226 Å². The fourth-order valence-corrected chi connectivity index (χ4v) is 4.33. The third-order valence-corrected chi connectivity index (χ3v) is 6.18. The molecule has 38 heavy (non-hydrogen) atoms. The van der Waals surface area contributed by atoms with E-state index in [1.165, 1.54) is 0 Å². The van der Waals surface area contributed by atoms with E-state index >= 15 is 0 Å². The van der Waals surface area contributed by atoms with Crippen LogP contribution in [0.2, 0.25) is 0 Å². The first-order valence-corrected chi connectivity index (χ1v) is 13.3. The maximum absolute atomic E-state index is 13.5. The first-order chi connectivity index (χ1) is 18.0. The van der Waals surface area contributed by atoms with Crippen LogP contribution >= 0.6 is 0 Å². The molecule has 0 radical (unpaired) electrons. The van der Waals surface area contributed by atoms with Gasteiger partial charge in [0.05, 0.1) is 23.6 Å². The number of piperazine rings is 1. The van der Waals surface area contributed by atoms with Gasteiger partial charge in [0.15, 0.2) is 5.69 Å². The second-order valence-electron chi connectivity index (χ2n) is 10.6. The molecule has 1 aliphatic heterocycles. The van der Waals surface area contributed by atoms with Crippen LogP contribution in [0.15, 0.2) is 30.5 Å². The fourth-order valence-electron chi connectivity index (χ4n) is 4.33. The Kier molecular flexibility index (Phi) is 9.90. The maximum atomic E-state index is 13.5. The largest absolute Gasteiger partial charge is 0.477 e. The highest BCUT2D eigenvalue weighted by Gasteiger charge is 2.33. The highest BCUT2D eigenvalue weighted by Crippen LogP contribution is 2.32. The molecule has 0 aliphatic carbocycles. The summed E-state index contributed by atoms with van der Waals surface area (Å²) in [6.07, 6.45) is 2.15. The summed E-state index contributed by atoms with van der Waals surface area (Å²) >= 11 is 0. The quantitative estimate of drug-likeness (QED) is 0.528. The molecule has 1 aliphatic rings. The van der Waals surface area contributed by atoms with E-state index in [-0.39, 0.29) is 18.0 Å². The Bertz CT molecular complexity index is 1100. The first-order valence-electron chi connectivity index (χ1n) is 13.3. The van der Waals surface area contributed by atoms with E-state index in [4.69, 9.17) is 14.5 Å². The zero-order valence-electron chi connectivity index (χ0n) is 23.8. The number of hydrogen-bond donors (Lipinski definition) is 1. The Morgan fingerprint density at radius 1 is 1.16 bits per heavy atom. The molecule has 2 aromatic rings. The number of hydrogen-bond acceptors (Lipinski definition) is 8. The van der Waals surface area contributed by atoms with Crippen molar-refractivity contribution in [2.24, 2.45) is 0 Å². The van der Waals surface area contributed by atoms with Crippen molar-refractivity contribution in [1.29, 1.82) is 0 Å². The lowest BCUT2D eigenvalue weighted by Gasteiger charge is -2.43. The summed E-state index contributed by atoms with van der Waals surface area (Å²) in [5, 5.41) is 3.01. The van der Waals surface area contributed by atoms with E-state index in [9.17, 15) is 9.59 Å². The van der Waals surface area contributed by atoms with E-state index in [0.717, 1.165) is 17.7 Å². The Balaban J connectivity index is 1.95. The third kappa shape index (κ3) is 7.56. The van der Waals surface area contributed by atoms with Gasteiger partial charge in [-0.3, -0.25) is 4.79 Å². The average Bonchev–Trinajstić information content (AvgIpc) is 2.87. The van der Waals surface area contributed by atoms with Crippen molar-refractivity contribution in [1.82, 2.24) is 25.1 Å². The number of anilines is 1. The molecular weight excluding hydrogens is 484 g/mol. The lowest BCUT2D eigenvalue weighted by molar-refractivity contribution is 0.0213. The molecule has 10 nitrogen and oxygen atoms in total. The first kappa shape index (κ1) is 29.2. The molecule has 1 N–H and O–H groups in total. The molecule has 0 aromatic carbocycles. The second-order valence-corrected chi connectivity index (χ2v) is 10.6. The predicted molar refractivity (Wildman–Crippen MR) is 149 cm³/mol. The van der Waals surface area contributed by atoms with Crippen molar-refractivity contribution in [2.75, 3.05) is 58.3 Å². The number of likely N-dealkylation sites (N-methyl/N-ethyl adjacent to an activating group) is 1. The summed E-state index contributed by atoms with van der Waals surface area (Å²) in [6, 6.07) is 7.57. The van der Waals surface area contributed by atoms with Gasteiger partial charge in [-0.05, 0) is 72.5 Å². The minimum atomic E-state index is -0.555. The van der Waals surface area contributed by atoms with Gasteiger partial charge in [0.1, 0.15) is 5.60 Å². The van der Waals surface area contributed by atoms with E-state index < -0.39 is 5.60 Å². The van der Waals surface area contributed by atoms with Crippen LogP contribution in [-0.4, -0.2) is 96.8 Å².